The Balaban J connectivity index is 4.28. The Hall–Kier alpha value is 0.190. The first-order valence-electron chi connectivity index (χ1n) is 5.97. The van der Waals surface area contributed by atoms with Crippen LogP contribution >= 0.6 is 24.0 Å². The molecule has 0 fully saturated rings. The molecule has 0 spiro atoms. The van der Waals surface area contributed by atoms with E-state index in [4.69, 9.17) is 12.2 Å². The van der Waals surface area contributed by atoms with E-state index in [0.29, 0.717) is 12.8 Å². The van der Waals surface area contributed by atoms with Crippen LogP contribution < -0.4 is 0 Å². The first-order valence-corrected chi connectivity index (χ1v) is 7.26. The minimum atomic E-state index is -3.45. The summed E-state index contributed by atoms with van der Waals surface area (Å²) in [4.78, 5) is 0. The van der Waals surface area contributed by atoms with E-state index < -0.39 is 18.2 Å². The van der Waals surface area contributed by atoms with Crippen LogP contribution in [-0.4, -0.2) is 28.3 Å². The Labute approximate surface area is 117 Å². The van der Waals surface area contributed by atoms with E-state index in [9.17, 15) is 13.2 Å². The molecule has 0 aromatic carbocycles. The molecule has 0 bridgehead atoms. The van der Waals surface area contributed by atoms with Crippen molar-refractivity contribution in [1.29, 1.82) is 0 Å². The van der Waals surface area contributed by atoms with Crippen molar-refractivity contribution in [1.82, 2.24) is 0 Å². The lowest BCUT2D eigenvalue weighted by Gasteiger charge is -2.31. The fourth-order valence-electron chi connectivity index (χ4n) is 1.66. The van der Waals surface area contributed by atoms with Gasteiger partial charge in [-0.15, -0.1) is 11.8 Å². The fourth-order valence-corrected chi connectivity index (χ4v) is 3.00. The zero-order valence-electron chi connectivity index (χ0n) is 11.3. The number of alkyl halides is 3. The lowest BCUT2D eigenvalue weighted by molar-refractivity contribution is -0.271. The minimum absolute atomic E-state index is 0.207. The Kier molecular flexibility index (Phi) is 7.78. The summed E-state index contributed by atoms with van der Waals surface area (Å²) in [5, 5.41) is 0.207. The number of hydrogen-bond acceptors (Lipinski definition) is 3. The summed E-state index contributed by atoms with van der Waals surface area (Å²) in [5.74, 6) is -6.31. The highest BCUT2D eigenvalue weighted by Crippen LogP contribution is 2.40. The molecule has 2 unspecified atom stereocenters. The predicted octanol–water partition coefficient (Wildman–Crippen LogP) is 4.98. The van der Waals surface area contributed by atoms with E-state index in [-0.39, 0.29) is 11.7 Å². The van der Waals surface area contributed by atoms with Gasteiger partial charge < -0.3 is 4.74 Å². The maximum Gasteiger partial charge on any atom is 0.305 e. The van der Waals surface area contributed by atoms with E-state index in [1.165, 1.54) is 18.7 Å². The first kappa shape index (κ1) is 18.2. The Bertz CT molecular complexity index is 274. The zero-order chi connectivity index (χ0) is 14.4. The van der Waals surface area contributed by atoms with E-state index in [2.05, 4.69) is 4.74 Å². The van der Waals surface area contributed by atoms with Crippen LogP contribution in [0.1, 0.15) is 46.5 Å². The molecule has 108 valence electrons. The van der Waals surface area contributed by atoms with Gasteiger partial charge in [0.2, 0.25) is 0 Å². The van der Waals surface area contributed by atoms with Gasteiger partial charge in [-0.05, 0) is 19.8 Å². The van der Waals surface area contributed by atoms with Gasteiger partial charge in [-0.3, -0.25) is 0 Å². The van der Waals surface area contributed by atoms with Crippen molar-refractivity contribution < 1.29 is 17.9 Å². The molecule has 0 saturated carbocycles. The standard InChI is InChI=1S/C12H21F3OS2/c1-5-11(13,14)12(15,16-4)8-6-7-9(2)18-10(3)17/h9H,5-8H2,1-4H3. The highest BCUT2D eigenvalue weighted by Gasteiger charge is 2.53. The maximum atomic E-state index is 14.0. The molecule has 0 aromatic rings. The average Bonchev–Trinajstić information content (AvgIpc) is 2.27. The molecule has 1 nitrogen and oxygen atoms in total. The molecule has 0 heterocycles. The van der Waals surface area contributed by atoms with Crippen molar-refractivity contribution in [2.75, 3.05) is 7.11 Å². The predicted molar refractivity (Wildman–Crippen MR) is 75.3 cm³/mol. The van der Waals surface area contributed by atoms with Crippen LogP contribution in [-0.2, 0) is 4.74 Å². The van der Waals surface area contributed by atoms with Crippen LogP contribution in [0.5, 0.6) is 0 Å². The van der Waals surface area contributed by atoms with Gasteiger partial charge in [0.15, 0.2) is 0 Å². The maximum absolute atomic E-state index is 14.0. The third-order valence-corrected chi connectivity index (χ3v) is 4.05. The van der Waals surface area contributed by atoms with Gasteiger partial charge in [0.1, 0.15) is 0 Å². The summed E-state index contributed by atoms with van der Waals surface area (Å²) in [6.45, 7) is 5.02. The van der Waals surface area contributed by atoms with Crippen molar-refractivity contribution in [2.24, 2.45) is 0 Å². The highest BCUT2D eigenvalue weighted by molar-refractivity contribution is 8.23. The smallest absolute Gasteiger partial charge is 0.305 e. The first-order chi connectivity index (χ1) is 8.18. The molecular weight excluding hydrogens is 281 g/mol. The van der Waals surface area contributed by atoms with Crippen LogP contribution in [0, 0.1) is 0 Å². The molecule has 0 aromatic heterocycles. The third-order valence-electron chi connectivity index (χ3n) is 2.79. The summed E-state index contributed by atoms with van der Waals surface area (Å²) in [5.41, 5.74) is 0. The molecule has 0 saturated heterocycles. The van der Waals surface area contributed by atoms with E-state index in [0.717, 1.165) is 11.3 Å². The van der Waals surface area contributed by atoms with E-state index >= 15 is 0 Å². The number of thioether (sulfide) groups is 1. The Morgan fingerprint density at radius 2 is 1.94 bits per heavy atom. The van der Waals surface area contributed by atoms with Gasteiger partial charge in [-0.1, -0.05) is 26.1 Å². The normalized spacial score (nSPS) is 17.3. The number of halogens is 3. The summed E-state index contributed by atoms with van der Waals surface area (Å²) in [6, 6.07) is 0. The summed E-state index contributed by atoms with van der Waals surface area (Å²) < 4.78 is 46.0. The largest absolute Gasteiger partial charge is 0.345 e. The van der Waals surface area contributed by atoms with Crippen molar-refractivity contribution in [3.8, 4) is 0 Å². The van der Waals surface area contributed by atoms with Crippen LogP contribution in [0.3, 0.4) is 0 Å². The number of ether oxygens (including phenoxy) is 1. The van der Waals surface area contributed by atoms with E-state index in [1.54, 1.807) is 0 Å². The molecule has 0 N–H and O–H groups in total. The highest BCUT2D eigenvalue weighted by atomic mass is 32.2. The zero-order valence-corrected chi connectivity index (χ0v) is 12.9. The second kappa shape index (κ2) is 7.70. The number of rotatable bonds is 8. The molecule has 0 aliphatic rings. The molecule has 2 atom stereocenters. The lowest BCUT2D eigenvalue weighted by atomic mass is 10.0. The van der Waals surface area contributed by atoms with Crippen LogP contribution in [0.2, 0.25) is 0 Å². The number of thiocarbonyl (C=S) groups is 1. The van der Waals surface area contributed by atoms with Crippen molar-refractivity contribution in [3.05, 3.63) is 0 Å². The summed E-state index contributed by atoms with van der Waals surface area (Å²) >= 11 is 6.45. The van der Waals surface area contributed by atoms with Crippen LogP contribution in [0.4, 0.5) is 13.2 Å². The number of hydrogen-bond donors (Lipinski definition) is 0. The molecule has 0 aliphatic heterocycles. The van der Waals surface area contributed by atoms with Gasteiger partial charge in [0.25, 0.3) is 5.85 Å². The topological polar surface area (TPSA) is 9.23 Å². The molecule has 6 heteroatoms. The molecule has 0 radical (unpaired) electrons. The molecule has 0 aliphatic carbocycles. The minimum Gasteiger partial charge on any atom is -0.345 e. The van der Waals surface area contributed by atoms with Gasteiger partial charge >= 0.3 is 5.92 Å². The van der Waals surface area contributed by atoms with E-state index in [1.807, 2.05) is 13.8 Å². The Morgan fingerprint density at radius 1 is 1.39 bits per heavy atom. The molecule has 0 amide bonds. The summed E-state index contributed by atoms with van der Waals surface area (Å²) in [7, 11) is 0.989. The third kappa shape index (κ3) is 5.45. The SMILES string of the molecule is CCC(F)(F)C(F)(CCCC(C)SC(C)=S)OC. The van der Waals surface area contributed by atoms with Crippen molar-refractivity contribution >= 4 is 28.2 Å². The monoisotopic (exact) mass is 302 g/mol. The second-order valence-corrected chi connectivity index (χ2v) is 6.83. The quantitative estimate of drug-likeness (QED) is 0.585. The van der Waals surface area contributed by atoms with Crippen LogP contribution in [0.25, 0.3) is 0 Å². The number of methoxy groups -OCH3 is 1. The van der Waals surface area contributed by atoms with Gasteiger partial charge in [0.05, 0.1) is 0 Å². The van der Waals surface area contributed by atoms with Crippen molar-refractivity contribution in [2.45, 2.75) is 63.5 Å². The van der Waals surface area contributed by atoms with Crippen molar-refractivity contribution in [3.63, 3.8) is 0 Å². The lowest BCUT2D eigenvalue weighted by Crippen LogP contribution is -2.45. The van der Waals surface area contributed by atoms with Gasteiger partial charge in [-0.2, -0.15) is 0 Å². The molecular formula is C12H21F3OS2. The second-order valence-electron chi connectivity index (χ2n) is 4.30. The van der Waals surface area contributed by atoms with Crippen LogP contribution in [0.15, 0.2) is 0 Å². The van der Waals surface area contributed by atoms with Gasteiger partial charge in [0, 0.05) is 29.4 Å². The fraction of sp³-hybridized carbons (Fsp3) is 0.917. The molecule has 0 rings (SSSR count). The van der Waals surface area contributed by atoms with Gasteiger partial charge in [-0.25, -0.2) is 13.2 Å². The summed E-state index contributed by atoms with van der Waals surface area (Å²) in [6.07, 6.45) is 0.108. The Morgan fingerprint density at radius 3 is 2.33 bits per heavy atom. The average molecular weight is 302 g/mol. The molecule has 18 heavy (non-hydrogen) atoms.